The molecule has 9 nitrogen and oxygen atoms in total. The molecule has 0 aromatic carbocycles. The predicted molar refractivity (Wildman–Crippen MR) is 167 cm³/mol. The van der Waals surface area contributed by atoms with Crippen molar-refractivity contribution in [2.24, 2.45) is 50.2 Å². The lowest BCUT2D eigenvalue weighted by molar-refractivity contribution is -0.324. The maximum Gasteiger partial charge on any atom is 0.335 e. The van der Waals surface area contributed by atoms with Gasteiger partial charge in [-0.2, -0.15) is 0 Å². The first kappa shape index (κ1) is 33.8. The lowest BCUT2D eigenvalue weighted by atomic mass is 9.33. The van der Waals surface area contributed by atoms with Crippen LogP contribution in [0.5, 0.6) is 0 Å². The molecule has 0 aromatic rings. The second-order valence-corrected chi connectivity index (χ2v) is 18.0. The van der Waals surface area contributed by atoms with E-state index in [0.29, 0.717) is 18.8 Å². The third kappa shape index (κ3) is 4.61. The molecule has 6 N–H and O–H groups in total. The van der Waals surface area contributed by atoms with Crippen LogP contribution in [0.3, 0.4) is 0 Å². The van der Waals surface area contributed by atoms with Crippen LogP contribution < -0.4 is 0 Å². The molecule has 0 spiro atoms. The van der Waals surface area contributed by atoms with E-state index < -0.39 is 48.2 Å². The molecule has 6 aliphatic rings. The van der Waals surface area contributed by atoms with E-state index in [4.69, 9.17) is 9.47 Å². The Bertz CT molecular complexity index is 1210. The Labute approximate surface area is 268 Å². The van der Waals surface area contributed by atoms with Gasteiger partial charge in [-0.1, -0.05) is 60.1 Å². The SMILES string of the molecule is CC1(C)CC[C@@]2(CO)C(C1)C1=CCC3[C@@]4(C)CC[C@H](O[C@@H]5O[C@H](C(=O)O)[C@@H](O)[C@H](O)[C@H]5O)C(C)(C)C4CC[C@@]3(C)C1(C)C[C@@H]2O. The predicted octanol–water partition coefficient (Wildman–Crippen LogP) is 4.03. The molecule has 45 heavy (non-hydrogen) atoms. The molecule has 1 saturated heterocycles. The highest BCUT2D eigenvalue weighted by molar-refractivity contribution is 5.73. The summed E-state index contributed by atoms with van der Waals surface area (Å²) in [6.45, 7) is 16.4. The molecule has 9 heteroatoms. The Morgan fingerprint density at radius 2 is 1.58 bits per heavy atom. The fourth-order valence-electron chi connectivity index (χ4n) is 12.3. The molecule has 1 heterocycles. The highest BCUT2D eigenvalue weighted by atomic mass is 16.7. The first-order chi connectivity index (χ1) is 20.8. The minimum absolute atomic E-state index is 0.0188. The Morgan fingerprint density at radius 3 is 2.22 bits per heavy atom. The van der Waals surface area contributed by atoms with Gasteiger partial charge in [0.1, 0.15) is 18.3 Å². The molecular formula is C36H58O9. The van der Waals surface area contributed by atoms with E-state index in [1.54, 1.807) is 0 Å². The number of hydrogen-bond donors (Lipinski definition) is 6. The van der Waals surface area contributed by atoms with Crippen molar-refractivity contribution >= 4 is 5.97 Å². The minimum Gasteiger partial charge on any atom is -0.479 e. The number of carboxylic acids is 1. The number of allylic oxidation sites excluding steroid dienone is 2. The zero-order valence-corrected chi connectivity index (χ0v) is 28.3. The number of fused-ring (bicyclic) bond motifs is 7. The zero-order valence-electron chi connectivity index (χ0n) is 28.3. The van der Waals surface area contributed by atoms with Crippen molar-refractivity contribution in [3.8, 4) is 0 Å². The van der Waals surface area contributed by atoms with E-state index in [2.05, 4.69) is 54.5 Å². The van der Waals surface area contributed by atoms with Crippen LogP contribution in [0.25, 0.3) is 0 Å². The van der Waals surface area contributed by atoms with Gasteiger partial charge < -0.3 is 40.1 Å². The van der Waals surface area contributed by atoms with Crippen LogP contribution in [-0.2, 0) is 14.3 Å². The van der Waals surface area contributed by atoms with E-state index in [1.807, 2.05) is 0 Å². The van der Waals surface area contributed by atoms with Crippen molar-refractivity contribution in [1.82, 2.24) is 0 Å². The number of aliphatic hydroxyl groups is 5. The van der Waals surface area contributed by atoms with E-state index in [0.717, 1.165) is 44.9 Å². The average molecular weight is 635 g/mol. The topological polar surface area (TPSA) is 157 Å². The van der Waals surface area contributed by atoms with Crippen LogP contribution >= 0.6 is 0 Å². The van der Waals surface area contributed by atoms with E-state index in [9.17, 15) is 35.4 Å². The van der Waals surface area contributed by atoms with Crippen molar-refractivity contribution in [2.75, 3.05) is 6.61 Å². The molecule has 0 radical (unpaired) electrons. The number of ether oxygens (including phenoxy) is 2. The van der Waals surface area contributed by atoms with Crippen molar-refractivity contribution in [3.63, 3.8) is 0 Å². The van der Waals surface area contributed by atoms with Gasteiger partial charge in [0.25, 0.3) is 0 Å². The van der Waals surface area contributed by atoms with E-state index >= 15 is 0 Å². The maximum absolute atomic E-state index is 11.9. The van der Waals surface area contributed by atoms with E-state index in [1.165, 1.54) is 5.57 Å². The first-order valence-corrected chi connectivity index (χ1v) is 17.4. The normalized spacial score (nSPS) is 53.6. The van der Waals surface area contributed by atoms with Crippen LogP contribution in [0.15, 0.2) is 11.6 Å². The number of aliphatic hydroxyl groups excluding tert-OH is 5. The molecule has 6 rings (SSSR count). The molecular weight excluding hydrogens is 576 g/mol. The standard InChI is InChI=1S/C36H58O9/c1-31(2)14-15-36(18-37)20(16-31)19-8-9-22-33(5)12-11-24(44-30-27(41)25(39)26(40)28(45-30)29(42)43)32(3,4)21(33)10-13-34(22,6)35(19,7)17-23(36)38/h8,20-28,30,37-41H,9-18H2,1-7H3,(H,42,43)/t20?,21?,22?,23-,24-,25-,26-,27+,28-,30+,33-,34+,35?,36+/m0/s1. The largest absolute Gasteiger partial charge is 0.479 e. The molecule has 14 atom stereocenters. The fraction of sp³-hybridized carbons (Fsp3) is 0.917. The Morgan fingerprint density at radius 1 is 0.889 bits per heavy atom. The average Bonchev–Trinajstić information content (AvgIpc) is 2.94. The fourth-order valence-corrected chi connectivity index (χ4v) is 12.3. The monoisotopic (exact) mass is 634 g/mol. The smallest absolute Gasteiger partial charge is 0.335 e. The summed E-state index contributed by atoms with van der Waals surface area (Å²) in [5.41, 5.74) is 0.609. The summed E-state index contributed by atoms with van der Waals surface area (Å²) in [4.78, 5) is 11.7. The van der Waals surface area contributed by atoms with Gasteiger partial charge in [0, 0.05) is 5.41 Å². The molecule has 4 saturated carbocycles. The molecule has 5 aliphatic carbocycles. The molecule has 4 unspecified atom stereocenters. The zero-order chi connectivity index (χ0) is 33.1. The van der Waals surface area contributed by atoms with E-state index in [-0.39, 0.29) is 51.6 Å². The van der Waals surface area contributed by atoms with Crippen LogP contribution in [0.4, 0.5) is 0 Å². The Balaban J connectivity index is 1.30. The van der Waals surface area contributed by atoms with Crippen LogP contribution in [0, 0.1) is 50.2 Å². The molecule has 0 aromatic heterocycles. The van der Waals surface area contributed by atoms with Gasteiger partial charge in [-0.05, 0) is 103 Å². The van der Waals surface area contributed by atoms with Crippen molar-refractivity contribution in [1.29, 1.82) is 0 Å². The van der Waals surface area contributed by atoms with Gasteiger partial charge in [-0.25, -0.2) is 4.79 Å². The van der Waals surface area contributed by atoms with Crippen LogP contribution in [0.1, 0.15) is 106 Å². The van der Waals surface area contributed by atoms with Crippen molar-refractivity contribution < 1.29 is 44.9 Å². The van der Waals surface area contributed by atoms with Gasteiger partial charge in [0.15, 0.2) is 12.4 Å². The third-order valence-electron chi connectivity index (χ3n) is 15.2. The minimum atomic E-state index is -1.75. The van der Waals surface area contributed by atoms with Crippen LogP contribution in [0.2, 0.25) is 0 Å². The second kappa shape index (κ2) is 10.7. The number of carboxylic acid groups (broad SMARTS) is 1. The van der Waals surface area contributed by atoms with Crippen molar-refractivity contribution in [3.05, 3.63) is 11.6 Å². The van der Waals surface area contributed by atoms with Gasteiger partial charge >= 0.3 is 5.97 Å². The Kier molecular flexibility index (Phi) is 8.05. The molecule has 1 aliphatic heterocycles. The quantitative estimate of drug-likeness (QED) is 0.199. The summed E-state index contributed by atoms with van der Waals surface area (Å²) in [6.07, 6.45) is 1.66. The summed E-state index contributed by atoms with van der Waals surface area (Å²) in [7, 11) is 0. The highest BCUT2D eigenvalue weighted by Gasteiger charge is 2.70. The lowest BCUT2D eigenvalue weighted by Gasteiger charge is -2.72. The van der Waals surface area contributed by atoms with Gasteiger partial charge in [0.05, 0.1) is 18.8 Å². The molecule has 0 bridgehead atoms. The molecule has 256 valence electrons. The number of carbonyl (C=O) groups is 1. The third-order valence-corrected chi connectivity index (χ3v) is 15.2. The highest BCUT2D eigenvalue weighted by Crippen LogP contribution is 2.75. The number of hydrogen-bond acceptors (Lipinski definition) is 8. The van der Waals surface area contributed by atoms with Crippen molar-refractivity contribution in [2.45, 2.75) is 149 Å². The van der Waals surface area contributed by atoms with Crippen LogP contribution in [-0.4, -0.2) is 86.1 Å². The van der Waals surface area contributed by atoms with Gasteiger partial charge in [-0.15, -0.1) is 0 Å². The number of aliphatic carboxylic acids is 1. The summed E-state index contributed by atoms with van der Waals surface area (Å²) in [6, 6.07) is 0. The summed E-state index contributed by atoms with van der Waals surface area (Å²) in [5.74, 6) is -0.573. The lowest BCUT2D eigenvalue weighted by Crippen LogP contribution is -2.67. The van der Waals surface area contributed by atoms with Gasteiger partial charge in [-0.3, -0.25) is 0 Å². The number of rotatable bonds is 4. The summed E-state index contributed by atoms with van der Waals surface area (Å²) in [5, 5.41) is 63.5. The first-order valence-electron chi connectivity index (χ1n) is 17.4. The summed E-state index contributed by atoms with van der Waals surface area (Å²) >= 11 is 0. The molecule has 5 fully saturated rings. The molecule has 0 amide bonds. The Hall–Kier alpha value is -1.07. The van der Waals surface area contributed by atoms with Gasteiger partial charge in [0.2, 0.25) is 0 Å². The maximum atomic E-state index is 11.9. The second-order valence-electron chi connectivity index (χ2n) is 18.0. The summed E-state index contributed by atoms with van der Waals surface area (Å²) < 4.78 is 11.9.